The molecular formula is C13H21FN2O2S. The van der Waals surface area contributed by atoms with Crippen molar-refractivity contribution in [1.29, 1.82) is 0 Å². The van der Waals surface area contributed by atoms with Crippen LogP contribution in [0.15, 0.2) is 17.0 Å². The molecule has 6 heteroatoms. The molecule has 0 aliphatic rings. The minimum absolute atomic E-state index is 0.0372. The molecule has 0 amide bonds. The SMILES string of the molecule is Cc1cc(S(=O)(=O)N(C)CCC(C)C)cc(N)c1F. The number of nitrogens with zero attached hydrogens (tertiary/aromatic N) is 1. The third kappa shape index (κ3) is 3.67. The third-order valence-electron chi connectivity index (χ3n) is 2.99. The number of benzene rings is 1. The Balaban J connectivity index is 3.07. The van der Waals surface area contributed by atoms with Crippen molar-refractivity contribution in [2.45, 2.75) is 32.1 Å². The van der Waals surface area contributed by atoms with E-state index >= 15 is 0 Å². The number of nitrogen functional groups attached to an aromatic ring is 1. The second-order valence-corrected chi connectivity index (χ2v) is 7.20. The number of halogens is 1. The maximum absolute atomic E-state index is 13.4. The standard InChI is InChI=1S/C13H21FN2O2S/c1-9(2)5-6-16(4)19(17,18)11-7-10(3)13(14)12(15)8-11/h7-9H,5-6,15H2,1-4H3. The molecule has 0 aliphatic heterocycles. The molecule has 1 aromatic rings. The zero-order valence-electron chi connectivity index (χ0n) is 11.8. The highest BCUT2D eigenvalue weighted by Crippen LogP contribution is 2.23. The van der Waals surface area contributed by atoms with Gasteiger partial charge in [-0.25, -0.2) is 17.1 Å². The fraction of sp³-hybridized carbons (Fsp3) is 0.538. The second-order valence-electron chi connectivity index (χ2n) is 5.15. The van der Waals surface area contributed by atoms with Gasteiger partial charge in [-0.05, 0) is 37.0 Å². The quantitative estimate of drug-likeness (QED) is 0.846. The lowest BCUT2D eigenvalue weighted by Gasteiger charge is -2.19. The number of rotatable bonds is 5. The van der Waals surface area contributed by atoms with Crippen molar-refractivity contribution < 1.29 is 12.8 Å². The van der Waals surface area contributed by atoms with Gasteiger partial charge in [-0.2, -0.15) is 0 Å². The molecule has 0 fully saturated rings. The molecule has 19 heavy (non-hydrogen) atoms. The van der Waals surface area contributed by atoms with Crippen molar-refractivity contribution in [2.24, 2.45) is 5.92 Å². The van der Waals surface area contributed by atoms with Gasteiger partial charge in [0.25, 0.3) is 0 Å². The third-order valence-corrected chi connectivity index (χ3v) is 4.82. The minimum Gasteiger partial charge on any atom is -0.396 e. The van der Waals surface area contributed by atoms with E-state index in [2.05, 4.69) is 0 Å². The smallest absolute Gasteiger partial charge is 0.242 e. The number of hydrogen-bond donors (Lipinski definition) is 1. The molecule has 0 saturated heterocycles. The Morgan fingerprint density at radius 1 is 1.37 bits per heavy atom. The summed E-state index contributed by atoms with van der Waals surface area (Å²) in [6, 6.07) is 2.48. The Morgan fingerprint density at radius 3 is 2.42 bits per heavy atom. The van der Waals surface area contributed by atoms with Crippen molar-refractivity contribution in [3.8, 4) is 0 Å². The van der Waals surface area contributed by atoms with Gasteiger partial charge >= 0.3 is 0 Å². The van der Waals surface area contributed by atoms with Gasteiger partial charge in [-0.3, -0.25) is 0 Å². The largest absolute Gasteiger partial charge is 0.396 e. The monoisotopic (exact) mass is 288 g/mol. The highest BCUT2D eigenvalue weighted by Gasteiger charge is 2.22. The Morgan fingerprint density at radius 2 is 1.95 bits per heavy atom. The van der Waals surface area contributed by atoms with E-state index in [1.807, 2.05) is 13.8 Å². The fourth-order valence-corrected chi connectivity index (χ4v) is 2.96. The molecule has 0 aliphatic carbocycles. The molecule has 1 rings (SSSR count). The van der Waals surface area contributed by atoms with Crippen LogP contribution in [0.4, 0.5) is 10.1 Å². The molecule has 0 bridgehead atoms. The summed E-state index contributed by atoms with van der Waals surface area (Å²) in [5.41, 5.74) is 5.57. The molecular weight excluding hydrogens is 267 g/mol. The Hall–Kier alpha value is -1.14. The van der Waals surface area contributed by atoms with Crippen LogP contribution in [0.5, 0.6) is 0 Å². The van der Waals surface area contributed by atoms with Gasteiger partial charge < -0.3 is 5.73 Å². The van der Waals surface area contributed by atoms with Gasteiger partial charge in [0, 0.05) is 13.6 Å². The van der Waals surface area contributed by atoms with E-state index in [0.717, 1.165) is 6.42 Å². The summed E-state index contributed by atoms with van der Waals surface area (Å²) in [5.74, 6) is -0.151. The Bertz CT molecular complexity index is 533. The fourth-order valence-electron chi connectivity index (χ4n) is 1.65. The average molecular weight is 288 g/mol. The maximum Gasteiger partial charge on any atom is 0.242 e. The summed E-state index contributed by atoms with van der Waals surface area (Å²) in [4.78, 5) is 0.0372. The predicted molar refractivity (Wildman–Crippen MR) is 74.8 cm³/mol. The second kappa shape index (κ2) is 5.88. The van der Waals surface area contributed by atoms with Crippen LogP contribution in [0.2, 0.25) is 0 Å². The molecule has 0 aromatic heterocycles. The van der Waals surface area contributed by atoms with Gasteiger partial charge in [0.05, 0.1) is 10.6 Å². The molecule has 2 N–H and O–H groups in total. The van der Waals surface area contributed by atoms with Crippen molar-refractivity contribution in [3.63, 3.8) is 0 Å². The molecule has 4 nitrogen and oxygen atoms in total. The summed E-state index contributed by atoms with van der Waals surface area (Å²) in [6.07, 6.45) is 0.769. The van der Waals surface area contributed by atoms with E-state index in [1.54, 1.807) is 0 Å². The summed E-state index contributed by atoms with van der Waals surface area (Å²) >= 11 is 0. The van der Waals surface area contributed by atoms with Crippen LogP contribution >= 0.6 is 0 Å². The summed E-state index contributed by atoms with van der Waals surface area (Å²) in [6.45, 7) is 5.98. The molecule has 0 radical (unpaired) electrons. The highest BCUT2D eigenvalue weighted by molar-refractivity contribution is 7.89. The molecule has 0 heterocycles. The molecule has 1 aromatic carbocycles. The highest BCUT2D eigenvalue weighted by atomic mass is 32.2. The van der Waals surface area contributed by atoms with Crippen LogP contribution in [0.25, 0.3) is 0 Å². The first-order valence-corrected chi connectivity index (χ1v) is 7.62. The van der Waals surface area contributed by atoms with E-state index in [0.29, 0.717) is 12.5 Å². The molecule has 108 valence electrons. The Kier molecular flexibility index (Phi) is 4.92. The summed E-state index contributed by atoms with van der Waals surface area (Å²) in [5, 5.41) is 0. The topological polar surface area (TPSA) is 63.4 Å². The van der Waals surface area contributed by atoms with Crippen molar-refractivity contribution >= 4 is 15.7 Å². The summed E-state index contributed by atoms with van der Waals surface area (Å²) < 4.78 is 39.3. The Labute approximate surface area is 114 Å². The number of anilines is 1. The van der Waals surface area contributed by atoms with Crippen molar-refractivity contribution in [1.82, 2.24) is 4.31 Å². The van der Waals surface area contributed by atoms with Crippen molar-refractivity contribution in [2.75, 3.05) is 19.3 Å². The molecule has 0 atom stereocenters. The maximum atomic E-state index is 13.4. The number of sulfonamides is 1. The van der Waals surface area contributed by atoms with Gasteiger partial charge in [-0.15, -0.1) is 0 Å². The van der Waals surface area contributed by atoms with Crippen LogP contribution in [0.1, 0.15) is 25.8 Å². The number of aryl methyl sites for hydroxylation is 1. The van der Waals surface area contributed by atoms with Gasteiger partial charge in [0.1, 0.15) is 5.82 Å². The molecule has 0 saturated carbocycles. The lowest BCUT2D eigenvalue weighted by molar-refractivity contribution is 0.428. The number of nitrogens with two attached hydrogens (primary N) is 1. The predicted octanol–water partition coefficient (Wildman–Crippen LogP) is 2.38. The zero-order chi connectivity index (χ0) is 14.8. The van der Waals surface area contributed by atoms with E-state index in [9.17, 15) is 12.8 Å². The van der Waals surface area contributed by atoms with E-state index < -0.39 is 15.8 Å². The normalized spacial score (nSPS) is 12.4. The lowest BCUT2D eigenvalue weighted by Crippen LogP contribution is -2.29. The van der Waals surface area contributed by atoms with Crippen LogP contribution < -0.4 is 5.73 Å². The van der Waals surface area contributed by atoms with Gasteiger partial charge in [-0.1, -0.05) is 13.8 Å². The molecule has 0 spiro atoms. The lowest BCUT2D eigenvalue weighted by atomic mass is 10.1. The van der Waals surface area contributed by atoms with Crippen molar-refractivity contribution in [3.05, 3.63) is 23.5 Å². The van der Waals surface area contributed by atoms with Crippen LogP contribution in [0, 0.1) is 18.7 Å². The average Bonchev–Trinajstić information content (AvgIpc) is 2.31. The van der Waals surface area contributed by atoms with E-state index in [1.165, 1.54) is 30.4 Å². The first-order chi connectivity index (χ1) is 8.66. The minimum atomic E-state index is -3.61. The van der Waals surface area contributed by atoms with Gasteiger partial charge in [0.15, 0.2) is 0 Å². The number of hydrogen-bond acceptors (Lipinski definition) is 3. The first-order valence-electron chi connectivity index (χ1n) is 6.18. The van der Waals surface area contributed by atoms with Gasteiger partial charge in [0.2, 0.25) is 10.0 Å². The van der Waals surface area contributed by atoms with E-state index in [4.69, 9.17) is 5.73 Å². The van der Waals surface area contributed by atoms with Crippen LogP contribution in [0.3, 0.4) is 0 Å². The summed E-state index contributed by atoms with van der Waals surface area (Å²) in [7, 11) is -2.09. The molecule has 0 unspecified atom stereocenters. The van der Waals surface area contributed by atoms with Crippen LogP contribution in [-0.2, 0) is 10.0 Å². The van der Waals surface area contributed by atoms with Crippen LogP contribution in [-0.4, -0.2) is 26.3 Å². The first kappa shape index (κ1) is 15.9. The zero-order valence-corrected chi connectivity index (χ0v) is 12.6. The van der Waals surface area contributed by atoms with E-state index in [-0.39, 0.29) is 16.1 Å².